The van der Waals surface area contributed by atoms with Crippen LogP contribution in [0.15, 0.2) is 18.2 Å². The summed E-state index contributed by atoms with van der Waals surface area (Å²) in [6, 6.07) is 7.27. The molecule has 3 heterocycles. The summed E-state index contributed by atoms with van der Waals surface area (Å²) in [5.74, 6) is 1.18. The molecule has 0 spiro atoms. The van der Waals surface area contributed by atoms with Crippen LogP contribution >= 0.6 is 11.3 Å². The molecule has 0 bridgehead atoms. The Bertz CT molecular complexity index is 1120. The molecule has 0 saturated heterocycles. The highest BCUT2D eigenvalue weighted by molar-refractivity contribution is 7.21. The molecule has 6 N–H and O–H groups in total. The predicted octanol–water partition coefficient (Wildman–Crippen LogP) is 2.19. The van der Waals surface area contributed by atoms with Crippen molar-refractivity contribution in [1.29, 1.82) is 5.26 Å². The van der Waals surface area contributed by atoms with Crippen molar-refractivity contribution in [3.05, 3.63) is 23.8 Å². The van der Waals surface area contributed by atoms with Gasteiger partial charge in [0.05, 0.1) is 5.69 Å². The number of rotatable bonds is 2. The fourth-order valence-corrected chi connectivity index (χ4v) is 3.74. The summed E-state index contributed by atoms with van der Waals surface area (Å²) >= 11 is 1.02. The number of carbonyl (C=O) groups excluding carboxylic acids is 1. The molecule has 2 aromatic heterocycles. The third-order valence-electron chi connectivity index (χ3n) is 3.84. The Balaban J connectivity index is 2.04. The molecule has 1 aliphatic rings. The molecule has 9 nitrogen and oxygen atoms in total. The van der Waals surface area contributed by atoms with Crippen molar-refractivity contribution in [2.45, 2.75) is 0 Å². The van der Waals surface area contributed by atoms with Gasteiger partial charge < -0.3 is 31.4 Å². The van der Waals surface area contributed by atoms with E-state index in [-0.39, 0.29) is 28.9 Å². The minimum Gasteiger partial charge on any atom is -0.454 e. The van der Waals surface area contributed by atoms with Gasteiger partial charge in [0, 0.05) is 10.9 Å². The van der Waals surface area contributed by atoms with Crippen LogP contribution in [0.25, 0.3) is 21.3 Å². The first-order valence-electron chi connectivity index (χ1n) is 7.28. The molecule has 4 rings (SSSR count). The number of thiophene rings is 1. The van der Waals surface area contributed by atoms with E-state index in [1.54, 1.807) is 18.2 Å². The van der Waals surface area contributed by atoms with Gasteiger partial charge in [-0.05, 0) is 17.7 Å². The summed E-state index contributed by atoms with van der Waals surface area (Å²) in [4.78, 5) is 15.7. The lowest BCUT2D eigenvalue weighted by atomic mass is 9.97. The largest absolute Gasteiger partial charge is 0.454 e. The number of ether oxygens (including phenoxy) is 3. The number of amides is 1. The Morgan fingerprint density at radius 3 is 2.81 bits per heavy atom. The molecular weight excluding hydrogens is 358 g/mol. The molecule has 1 aliphatic heterocycles. The Kier molecular flexibility index (Phi) is 3.45. The minimum absolute atomic E-state index is 0.0412. The number of hydrogen-bond donors (Lipinski definition) is 3. The van der Waals surface area contributed by atoms with Crippen LogP contribution in [0.4, 0.5) is 16.3 Å². The molecule has 0 aliphatic carbocycles. The van der Waals surface area contributed by atoms with Gasteiger partial charge >= 0.3 is 6.09 Å². The molecule has 0 radical (unpaired) electrons. The zero-order chi connectivity index (χ0) is 18.4. The highest BCUT2D eigenvalue weighted by atomic mass is 32.1. The molecule has 130 valence electrons. The average molecular weight is 369 g/mol. The predicted molar refractivity (Wildman–Crippen MR) is 94.9 cm³/mol. The maximum Gasteiger partial charge on any atom is 0.410 e. The number of aromatic nitrogens is 1. The number of anilines is 2. The van der Waals surface area contributed by atoms with Crippen molar-refractivity contribution in [3.8, 4) is 33.8 Å². The van der Waals surface area contributed by atoms with E-state index < -0.39 is 6.09 Å². The fourth-order valence-electron chi connectivity index (χ4n) is 2.77. The molecule has 0 fully saturated rings. The van der Waals surface area contributed by atoms with Gasteiger partial charge in [-0.25, -0.2) is 9.78 Å². The Hall–Kier alpha value is -3.71. The monoisotopic (exact) mass is 369 g/mol. The van der Waals surface area contributed by atoms with Crippen LogP contribution in [0.2, 0.25) is 0 Å². The summed E-state index contributed by atoms with van der Waals surface area (Å²) in [5, 5.41) is 10.1. The second-order valence-corrected chi connectivity index (χ2v) is 6.29. The van der Waals surface area contributed by atoms with Crippen LogP contribution in [0.1, 0.15) is 5.56 Å². The van der Waals surface area contributed by atoms with E-state index in [9.17, 15) is 10.1 Å². The zero-order valence-corrected chi connectivity index (χ0v) is 13.9. The molecule has 3 aromatic rings. The molecule has 0 unspecified atom stereocenters. The highest BCUT2D eigenvalue weighted by Gasteiger charge is 2.24. The first-order valence-corrected chi connectivity index (χ1v) is 8.10. The first kappa shape index (κ1) is 15.8. The van der Waals surface area contributed by atoms with Crippen molar-refractivity contribution in [1.82, 2.24) is 4.98 Å². The van der Waals surface area contributed by atoms with E-state index in [4.69, 9.17) is 31.4 Å². The van der Waals surface area contributed by atoms with Gasteiger partial charge in [0.2, 0.25) is 11.9 Å². The summed E-state index contributed by atoms with van der Waals surface area (Å²) in [6.45, 7) is 0.120. The van der Waals surface area contributed by atoms with Gasteiger partial charge in [-0.2, -0.15) is 5.26 Å². The Morgan fingerprint density at radius 2 is 2.08 bits per heavy atom. The van der Waals surface area contributed by atoms with Gasteiger partial charge in [0.25, 0.3) is 0 Å². The van der Waals surface area contributed by atoms with Gasteiger partial charge in [0.1, 0.15) is 22.3 Å². The standard InChI is InChI=1S/C16H11N5O4S/c17-4-7-10(6-1-2-8-9(3-6)24-5-23-8)11-12(18)15(25-16(20)22)26-14(11)21-13(7)19/h1-3H,5,18H2,(H2,19,21)(H2,20,22). The number of benzene rings is 1. The fraction of sp³-hybridized carbons (Fsp3) is 0.0625. The number of pyridine rings is 1. The van der Waals surface area contributed by atoms with E-state index >= 15 is 0 Å². The Labute approximate surface area is 150 Å². The number of fused-ring (bicyclic) bond motifs is 2. The maximum atomic E-state index is 11.1. The molecular formula is C16H11N5O4S. The van der Waals surface area contributed by atoms with Gasteiger partial charge in [-0.3, -0.25) is 0 Å². The third-order valence-corrected chi connectivity index (χ3v) is 4.81. The quantitative estimate of drug-likeness (QED) is 0.619. The van der Waals surface area contributed by atoms with Crippen molar-refractivity contribution >= 4 is 39.2 Å². The number of nitrogen functional groups attached to an aromatic ring is 2. The number of nitriles is 1. The number of hydrogen-bond acceptors (Lipinski definition) is 9. The lowest BCUT2D eigenvalue weighted by Gasteiger charge is -2.10. The average Bonchev–Trinajstić information content (AvgIpc) is 3.17. The number of nitrogens with two attached hydrogens (primary N) is 3. The summed E-state index contributed by atoms with van der Waals surface area (Å²) in [5.41, 5.74) is 18.6. The van der Waals surface area contributed by atoms with Crippen LogP contribution in [0.5, 0.6) is 16.6 Å². The lowest BCUT2D eigenvalue weighted by molar-refractivity contribution is 0.174. The second kappa shape index (κ2) is 5.68. The zero-order valence-electron chi connectivity index (χ0n) is 13.1. The molecule has 0 atom stereocenters. The number of primary amides is 1. The third kappa shape index (κ3) is 2.30. The lowest BCUT2D eigenvalue weighted by Crippen LogP contribution is -2.16. The van der Waals surface area contributed by atoms with Crippen LogP contribution in [0.3, 0.4) is 0 Å². The number of carbonyl (C=O) groups is 1. The summed E-state index contributed by atoms with van der Waals surface area (Å²) < 4.78 is 15.6. The van der Waals surface area contributed by atoms with Crippen LogP contribution in [-0.2, 0) is 0 Å². The second-order valence-electron chi connectivity index (χ2n) is 5.33. The van der Waals surface area contributed by atoms with Crippen molar-refractivity contribution < 1.29 is 19.0 Å². The number of nitrogens with zero attached hydrogens (tertiary/aromatic N) is 2. The SMILES string of the molecule is N#Cc1c(N)nc2sc(OC(N)=O)c(N)c2c1-c1ccc2c(c1)OCO2. The van der Waals surface area contributed by atoms with Crippen LogP contribution in [0, 0.1) is 11.3 Å². The molecule has 1 amide bonds. The van der Waals surface area contributed by atoms with Crippen LogP contribution < -0.4 is 31.4 Å². The van der Waals surface area contributed by atoms with E-state index in [1.165, 1.54) is 0 Å². The topological polar surface area (TPSA) is 160 Å². The highest BCUT2D eigenvalue weighted by Crippen LogP contribution is 2.47. The van der Waals surface area contributed by atoms with Gasteiger partial charge in [0.15, 0.2) is 11.5 Å². The van der Waals surface area contributed by atoms with E-state index in [2.05, 4.69) is 11.1 Å². The molecule has 1 aromatic carbocycles. The van der Waals surface area contributed by atoms with Crippen molar-refractivity contribution in [3.63, 3.8) is 0 Å². The van der Waals surface area contributed by atoms with Crippen LogP contribution in [-0.4, -0.2) is 17.9 Å². The summed E-state index contributed by atoms with van der Waals surface area (Å²) in [6.07, 6.45) is -0.999. The smallest absolute Gasteiger partial charge is 0.410 e. The van der Waals surface area contributed by atoms with E-state index in [1.807, 2.05) is 0 Å². The normalized spacial score (nSPS) is 12.1. The molecule has 10 heteroatoms. The first-order chi connectivity index (χ1) is 12.5. The minimum atomic E-state index is -0.999. The maximum absolute atomic E-state index is 11.1. The van der Waals surface area contributed by atoms with Gasteiger partial charge in [-0.15, -0.1) is 0 Å². The van der Waals surface area contributed by atoms with Crippen molar-refractivity contribution in [2.24, 2.45) is 5.73 Å². The van der Waals surface area contributed by atoms with E-state index in [0.29, 0.717) is 32.8 Å². The van der Waals surface area contributed by atoms with E-state index in [0.717, 1.165) is 11.3 Å². The summed E-state index contributed by atoms with van der Waals surface area (Å²) in [7, 11) is 0. The molecule has 26 heavy (non-hydrogen) atoms. The van der Waals surface area contributed by atoms with Crippen molar-refractivity contribution in [2.75, 3.05) is 18.3 Å². The van der Waals surface area contributed by atoms with Gasteiger partial charge in [-0.1, -0.05) is 17.4 Å². The molecule has 0 saturated carbocycles. The Morgan fingerprint density at radius 1 is 1.31 bits per heavy atom.